The first-order valence-electron chi connectivity index (χ1n) is 4.81. The minimum Gasteiger partial charge on any atom is -0.351 e. The van der Waals surface area contributed by atoms with Gasteiger partial charge in [-0.05, 0) is 12.8 Å². The molecular formula is C10H14N2O2. The highest BCUT2D eigenvalue weighted by Crippen LogP contribution is 2.32. The summed E-state index contributed by atoms with van der Waals surface area (Å²) in [5.41, 5.74) is 0.953. The quantitative estimate of drug-likeness (QED) is 0.548. The molecule has 2 rings (SSSR count). The first-order valence-corrected chi connectivity index (χ1v) is 4.81. The van der Waals surface area contributed by atoms with Gasteiger partial charge in [0.15, 0.2) is 0 Å². The second kappa shape index (κ2) is 3.12. The summed E-state index contributed by atoms with van der Waals surface area (Å²) >= 11 is 0. The number of amides is 2. The van der Waals surface area contributed by atoms with E-state index in [1.54, 1.807) is 7.05 Å². The number of nitrogens with zero attached hydrogens (tertiary/aromatic N) is 1. The van der Waals surface area contributed by atoms with Crippen LogP contribution in [0.1, 0.15) is 12.8 Å². The van der Waals surface area contributed by atoms with Crippen LogP contribution in [0.5, 0.6) is 0 Å². The molecule has 0 aromatic carbocycles. The molecule has 0 aromatic rings. The summed E-state index contributed by atoms with van der Waals surface area (Å²) in [6, 6.07) is -0.0209. The topological polar surface area (TPSA) is 49.4 Å². The average Bonchev–Trinajstić information content (AvgIpc) is 2.40. The fourth-order valence-corrected chi connectivity index (χ4v) is 2.23. The van der Waals surface area contributed by atoms with Crippen molar-refractivity contribution in [2.24, 2.45) is 5.92 Å². The molecule has 4 nitrogen and oxygen atoms in total. The van der Waals surface area contributed by atoms with E-state index in [1.807, 2.05) is 0 Å². The Morgan fingerprint density at radius 2 is 2.21 bits per heavy atom. The van der Waals surface area contributed by atoms with E-state index in [0.29, 0.717) is 0 Å². The van der Waals surface area contributed by atoms with Gasteiger partial charge in [-0.3, -0.25) is 9.59 Å². The molecule has 0 bridgehead atoms. The predicted molar refractivity (Wildman–Crippen MR) is 51.4 cm³/mol. The van der Waals surface area contributed by atoms with Crippen LogP contribution in [0.4, 0.5) is 0 Å². The molecule has 1 aliphatic carbocycles. The van der Waals surface area contributed by atoms with E-state index in [2.05, 4.69) is 11.9 Å². The summed E-state index contributed by atoms with van der Waals surface area (Å²) in [6.45, 7) is 4.06. The number of likely N-dealkylation sites (N-methyl/N-ethyl adjacent to an activating group) is 1. The molecule has 1 saturated heterocycles. The molecule has 2 amide bonds. The molecule has 2 aliphatic rings. The van der Waals surface area contributed by atoms with Gasteiger partial charge in [-0.2, -0.15) is 0 Å². The molecule has 0 spiro atoms. The lowest BCUT2D eigenvalue weighted by atomic mass is 9.99. The largest absolute Gasteiger partial charge is 0.351 e. The molecule has 1 aliphatic heterocycles. The highest BCUT2D eigenvalue weighted by molar-refractivity contribution is 5.91. The number of rotatable bonds is 0. The Balaban J connectivity index is 2.29. The van der Waals surface area contributed by atoms with Gasteiger partial charge >= 0.3 is 0 Å². The number of carbonyl (C=O) groups excluding carboxylic acids is 2. The summed E-state index contributed by atoms with van der Waals surface area (Å²) in [4.78, 5) is 24.7. The van der Waals surface area contributed by atoms with Gasteiger partial charge in [0.2, 0.25) is 11.8 Å². The normalized spacial score (nSPS) is 32.6. The molecule has 2 fully saturated rings. The zero-order valence-electron chi connectivity index (χ0n) is 8.25. The van der Waals surface area contributed by atoms with E-state index in [1.165, 1.54) is 4.90 Å². The van der Waals surface area contributed by atoms with Crippen molar-refractivity contribution < 1.29 is 9.59 Å². The van der Waals surface area contributed by atoms with Gasteiger partial charge in [-0.15, -0.1) is 0 Å². The number of carbonyl (C=O) groups is 2. The molecule has 0 unspecified atom stereocenters. The van der Waals surface area contributed by atoms with E-state index >= 15 is 0 Å². The molecule has 14 heavy (non-hydrogen) atoms. The van der Waals surface area contributed by atoms with E-state index in [4.69, 9.17) is 0 Å². The lowest BCUT2D eigenvalue weighted by Crippen LogP contribution is -2.37. The maximum atomic E-state index is 11.9. The number of fused-ring (bicyclic) bond motifs is 1. The maximum Gasteiger partial charge on any atom is 0.239 e. The fraction of sp³-hybridized carbons (Fsp3) is 0.600. The summed E-state index contributed by atoms with van der Waals surface area (Å²) in [6.07, 6.45) is 1.68. The maximum absolute atomic E-state index is 11.9. The third-order valence-electron chi connectivity index (χ3n) is 2.99. The van der Waals surface area contributed by atoms with Crippen molar-refractivity contribution in [2.45, 2.75) is 18.9 Å². The standard InChI is InChI=1S/C10H14N2O2/c1-6-3-4-7-9(6)10(14)12(2)5-8(13)11-7/h7,9H,1,3-5H2,2H3,(H,11,13)/t7-,9+/m1/s1. The first-order chi connectivity index (χ1) is 6.59. The molecule has 0 aromatic heterocycles. The smallest absolute Gasteiger partial charge is 0.239 e. The third-order valence-corrected chi connectivity index (χ3v) is 2.99. The number of hydrogen-bond acceptors (Lipinski definition) is 2. The van der Waals surface area contributed by atoms with Crippen LogP contribution in [-0.2, 0) is 9.59 Å². The van der Waals surface area contributed by atoms with Crippen LogP contribution in [0.3, 0.4) is 0 Å². The highest BCUT2D eigenvalue weighted by Gasteiger charge is 2.40. The summed E-state index contributed by atoms with van der Waals surface area (Å²) in [5.74, 6) is -0.231. The lowest BCUT2D eigenvalue weighted by molar-refractivity contribution is -0.134. The molecular weight excluding hydrogens is 180 g/mol. The van der Waals surface area contributed by atoms with Gasteiger partial charge in [0.05, 0.1) is 12.5 Å². The Kier molecular flexibility index (Phi) is 2.06. The van der Waals surface area contributed by atoms with Gasteiger partial charge in [0, 0.05) is 13.1 Å². The van der Waals surface area contributed by atoms with Crippen LogP contribution in [0, 0.1) is 5.92 Å². The second-order valence-electron chi connectivity index (χ2n) is 4.04. The van der Waals surface area contributed by atoms with Gasteiger partial charge in [0.25, 0.3) is 0 Å². The predicted octanol–water partition coefficient (Wildman–Crippen LogP) is -0.0906. The van der Waals surface area contributed by atoms with Crippen molar-refractivity contribution in [3.8, 4) is 0 Å². The summed E-state index contributed by atoms with van der Waals surface area (Å²) in [7, 11) is 1.66. The first kappa shape index (κ1) is 9.24. The van der Waals surface area contributed by atoms with Gasteiger partial charge in [0.1, 0.15) is 0 Å². The van der Waals surface area contributed by atoms with Crippen LogP contribution in [0.25, 0.3) is 0 Å². The van der Waals surface area contributed by atoms with Gasteiger partial charge in [-0.25, -0.2) is 0 Å². The van der Waals surface area contributed by atoms with Crippen LogP contribution >= 0.6 is 0 Å². The molecule has 76 valence electrons. The lowest BCUT2D eigenvalue weighted by Gasteiger charge is -2.19. The van der Waals surface area contributed by atoms with Crippen molar-refractivity contribution >= 4 is 11.8 Å². The van der Waals surface area contributed by atoms with Gasteiger partial charge in [-0.1, -0.05) is 12.2 Å². The second-order valence-corrected chi connectivity index (χ2v) is 4.04. The van der Waals surface area contributed by atoms with Crippen molar-refractivity contribution in [3.05, 3.63) is 12.2 Å². The van der Waals surface area contributed by atoms with Crippen molar-refractivity contribution in [3.63, 3.8) is 0 Å². The molecule has 1 N–H and O–H groups in total. The average molecular weight is 194 g/mol. The monoisotopic (exact) mass is 194 g/mol. The van der Waals surface area contributed by atoms with E-state index in [-0.39, 0.29) is 30.3 Å². The molecule has 0 radical (unpaired) electrons. The van der Waals surface area contributed by atoms with E-state index < -0.39 is 0 Å². The van der Waals surface area contributed by atoms with Gasteiger partial charge < -0.3 is 10.2 Å². The SMILES string of the molecule is C=C1CC[C@H]2NC(=O)CN(C)C(=O)[C@@H]12. The summed E-state index contributed by atoms with van der Waals surface area (Å²) < 4.78 is 0. The van der Waals surface area contributed by atoms with E-state index in [9.17, 15) is 9.59 Å². The molecule has 2 atom stereocenters. The van der Waals surface area contributed by atoms with Crippen LogP contribution in [-0.4, -0.2) is 36.3 Å². The van der Waals surface area contributed by atoms with Crippen molar-refractivity contribution in [1.29, 1.82) is 0 Å². The minimum absolute atomic E-state index is 0.0209. The Bertz CT molecular complexity index is 311. The Morgan fingerprint density at radius 3 is 2.93 bits per heavy atom. The zero-order chi connectivity index (χ0) is 10.3. The van der Waals surface area contributed by atoms with Crippen LogP contribution in [0.15, 0.2) is 12.2 Å². The Morgan fingerprint density at radius 1 is 1.50 bits per heavy atom. The molecule has 4 heteroatoms. The Hall–Kier alpha value is -1.32. The molecule has 1 heterocycles. The third kappa shape index (κ3) is 1.31. The fourth-order valence-electron chi connectivity index (χ4n) is 2.23. The van der Waals surface area contributed by atoms with Crippen molar-refractivity contribution in [2.75, 3.05) is 13.6 Å². The number of nitrogens with one attached hydrogen (secondary N) is 1. The Labute approximate surface area is 83.0 Å². The summed E-state index contributed by atoms with van der Waals surface area (Å²) in [5, 5.41) is 2.87. The van der Waals surface area contributed by atoms with E-state index in [0.717, 1.165) is 18.4 Å². The zero-order valence-corrected chi connectivity index (χ0v) is 8.25. The van der Waals surface area contributed by atoms with Crippen molar-refractivity contribution in [1.82, 2.24) is 10.2 Å². The molecule has 1 saturated carbocycles. The van der Waals surface area contributed by atoms with Crippen LogP contribution in [0.2, 0.25) is 0 Å². The minimum atomic E-state index is -0.188. The number of hydrogen-bond donors (Lipinski definition) is 1. The highest BCUT2D eigenvalue weighted by atomic mass is 16.2. The van der Waals surface area contributed by atoms with Crippen LogP contribution < -0.4 is 5.32 Å².